The summed E-state index contributed by atoms with van der Waals surface area (Å²) in [5, 5.41) is 6.19. The summed E-state index contributed by atoms with van der Waals surface area (Å²) in [5.41, 5.74) is 1.43. The van der Waals surface area contributed by atoms with Gasteiger partial charge in [-0.05, 0) is 35.0 Å². The number of amides is 1. The van der Waals surface area contributed by atoms with Gasteiger partial charge in [0, 0.05) is 23.6 Å². The summed E-state index contributed by atoms with van der Waals surface area (Å²) in [6.07, 6.45) is 3.30. The number of rotatable bonds is 2. The Kier molecular flexibility index (Phi) is 2.83. The molecular weight excluding hydrogens is 298 g/mol. The molecule has 3 N–H and O–H groups in total. The number of aromatic amines is 2. The van der Waals surface area contributed by atoms with E-state index in [1.54, 1.807) is 6.07 Å². The summed E-state index contributed by atoms with van der Waals surface area (Å²) in [5.74, 6) is -0.416. The first kappa shape index (κ1) is 12.8. The number of nitrogens with one attached hydrogen (secondary N) is 3. The Labute approximate surface area is 128 Å². The standard InChI is InChI=1S/C16H11N3O2S/c20-14-11-4-6-22-16(11)18-8-12(14)15(21)19-10-2-1-9-3-5-17-13(9)7-10/h1-8,17H,(H,18,20)(H,19,21). The molecule has 3 heterocycles. The molecule has 1 amide bonds. The zero-order valence-corrected chi connectivity index (χ0v) is 12.2. The van der Waals surface area contributed by atoms with E-state index in [1.807, 2.05) is 35.8 Å². The molecule has 0 radical (unpaired) electrons. The van der Waals surface area contributed by atoms with E-state index in [0.717, 1.165) is 15.7 Å². The zero-order valence-electron chi connectivity index (χ0n) is 11.3. The van der Waals surface area contributed by atoms with E-state index in [1.165, 1.54) is 17.5 Å². The van der Waals surface area contributed by atoms with Crippen LogP contribution in [0.4, 0.5) is 5.69 Å². The molecule has 0 aliphatic rings. The lowest BCUT2D eigenvalue weighted by molar-refractivity contribution is 0.102. The van der Waals surface area contributed by atoms with Crippen molar-refractivity contribution in [3.8, 4) is 0 Å². The molecule has 5 nitrogen and oxygen atoms in total. The highest BCUT2D eigenvalue weighted by molar-refractivity contribution is 7.16. The summed E-state index contributed by atoms with van der Waals surface area (Å²) in [6.45, 7) is 0. The molecule has 0 atom stereocenters. The Morgan fingerprint density at radius 1 is 1.14 bits per heavy atom. The number of hydrogen-bond acceptors (Lipinski definition) is 3. The van der Waals surface area contributed by atoms with Gasteiger partial charge in [-0.3, -0.25) is 9.59 Å². The summed E-state index contributed by atoms with van der Waals surface area (Å²) in [4.78, 5) is 31.5. The Hall–Kier alpha value is -2.86. The van der Waals surface area contributed by atoms with Crippen LogP contribution in [0.25, 0.3) is 21.1 Å². The number of hydrogen-bond donors (Lipinski definition) is 3. The average Bonchev–Trinajstić information content (AvgIpc) is 3.15. The van der Waals surface area contributed by atoms with Crippen LogP contribution in [0, 0.1) is 0 Å². The molecule has 0 unspecified atom stereocenters. The zero-order chi connectivity index (χ0) is 15.1. The molecule has 6 heteroatoms. The molecule has 108 valence electrons. The van der Waals surface area contributed by atoms with E-state index in [0.29, 0.717) is 11.1 Å². The highest BCUT2D eigenvalue weighted by Crippen LogP contribution is 2.19. The van der Waals surface area contributed by atoms with Gasteiger partial charge >= 0.3 is 0 Å². The number of carbonyl (C=O) groups excluding carboxylic acids is 1. The van der Waals surface area contributed by atoms with Crippen molar-refractivity contribution in [3.05, 3.63) is 63.9 Å². The van der Waals surface area contributed by atoms with Gasteiger partial charge in [0.25, 0.3) is 5.91 Å². The minimum atomic E-state index is -0.416. The lowest BCUT2D eigenvalue weighted by atomic mass is 10.2. The van der Waals surface area contributed by atoms with Crippen LogP contribution in [0.5, 0.6) is 0 Å². The van der Waals surface area contributed by atoms with Gasteiger partial charge in [-0.25, -0.2) is 0 Å². The Morgan fingerprint density at radius 2 is 2.05 bits per heavy atom. The molecule has 3 aromatic heterocycles. The molecule has 0 bridgehead atoms. The second-order valence-electron chi connectivity index (χ2n) is 4.93. The summed E-state index contributed by atoms with van der Waals surface area (Å²) in [6, 6.07) is 9.24. The molecule has 0 aliphatic heterocycles. The van der Waals surface area contributed by atoms with Crippen molar-refractivity contribution < 1.29 is 4.79 Å². The van der Waals surface area contributed by atoms with E-state index in [2.05, 4.69) is 15.3 Å². The van der Waals surface area contributed by atoms with E-state index >= 15 is 0 Å². The Balaban J connectivity index is 1.70. The van der Waals surface area contributed by atoms with Gasteiger partial charge in [-0.2, -0.15) is 0 Å². The van der Waals surface area contributed by atoms with Crippen molar-refractivity contribution >= 4 is 44.1 Å². The second-order valence-corrected chi connectivity index (χ2v) is 5.84. The summed E-state index contributed by atoms with van der Waals surface area (Å²) in [7, 11) is 0. The molecule has 0 fully saturated rings. The third-order valence-electron chi connectivity index (χ3n) is 3.56. The smallest absolute Gasteiger partial charge is 0.261 e. The topological polar surface area (TPSA) is 77.8 Å². The molecule has 0 saturated heterocycles. The van der Waals surface area contributed by atoms with Gasteiger partial charge in [0.2, 0.25) is 5.43 Å². The fourth-order valence-corrected chi connectivity index (χ4v) is 3.20. The van der Waals surface area contributed by atoms with Crippen LogP contribution in [-0.2, 0) is 0 Å². The largest absolute Gasteiger partial charge is 0.361 e. The van der Waals surface area contributed by atoms with Crippen molar-refractivity contribution in [1.82, 2.24) is 9.97 Å². The van der Waals surface area contributed by atoms with Crippen LogP contribution in [0.2, 0.25) is 0 Å². The van der Waals surface area contributed by atoms with Crippen molar-refractivity contribution in [1.29, 1.82) is 0 Å². The maximum Gasteiger partial charge on any atom is 0.261 e. The molecule has 0 aliphatic carbocycles. The first-order valence-electron chi connectivity index (χ1n) is 6.70. The number of anilines is 1. The maximum absolute atomic E-state index is 12.3. The first-order valence-corrected chi connectivity index (χ1v) is 7.58. The molecule has 4 rings (SSSR count). The number of benzene rings is 1. The number of H-pyrrole nitrogens is 2. The highest BCUT2D eigenvalue weighted by Gasteiger charge is 2.14. The third-order valence-corrected chi connectivity index (χ3v) is 4.41. The van der Waals surface area contributed by atoms with Crippen LogP contribution < -0.4 is 10.7 Å². The number of pyridine rings is 1. The highest BCUT2D eigenvalue weighted by atomic mass is 32.1. The van der Waals surface area contributed by atoms with Crippen LogP contribution in [-0.4, -0.2) is 15.9 Å². The van der Waals surface area contributed by atoms with Crippen molar-refractivity contribution in [2.24, 2.45) is 0 Å². The van der Waals surface area contributed by atoms with Crippen molar-refractivity contribution in [2.45, 2.75) is 0 Å². The van der Waals surface area contributed by atoms with Gasteiger partial charge < -0.3 is 15.3 Å². The Bertz CT molecular complexity index is 1060. The second kappa shape index (κ2) is 4.85. The number of aromatic nitrogens is 2. The quantitative estimate of drug-likeness (QED) is 0.531. The van der Waals surface area contributed by atoms with Crippen molar-refractivity contribution in [2.75, 3.05) is 5.32 Å². The monoisotopic (exact) mass is 309 g/mol. The van der Waals surface area contributed by atoms with Gasteiger partial charge in [-0.1, -0.05) is 6.07 Å². The van der Waals surface area contributed by atoms with Gasteiger partial charge in [0.05, 0.1) is 5.39 Å². The van der Waals surface area contributed by atoms with E-state index in [4.69, 9.17) is 0 Å². The minimum absolute atomic E-state index is 0.109. The summed E-state index contributed by atoms with van der Waals surface area (Å²) >= 11 is 1.44. The van der Waals surface area contributed by atoms with E-state index in [9.17, 15) is 9.59 Å². The fraction of sp³-hybridized carbons (Fsp3) is 0. The molecule has 4 aromatic rings. The normalized spacial score (nSPS) is 11.1. The predicted molar refractivity (Wildman–Crippen MR) is 88.7 cm³/mol. The van der Waals surface area contributed by atoms with Crippen LogP contribution in [0.1, 0.15) is 10.4 Å². The average molecular weight is 309 g/mol. The van der Waals surface area contributed by atoms with E-state index < -0.39 is 5.91 Å². The van der Waals surface area contributed by atoms with Crippen LogP contribution in [0.3, 0.4) is 0 Å². The fourth-order valence-electron chi connectivity index (χ4n) is 2.44. The van der Waals surface area contributed by atoms with Gasteiger partial charge in [0.15, 0.2) is 0 Å². The molecule has 0 saturated carbocycles. The SMILES string of the molecule is O=C(Nc1ccc2cc[nH]c2c1)c1c[nH]c2sccc2c1=O. The predicted octanol–water partition coefficient (Wildman–Crippen LogP) is 3.32. The first-order chi connectivity index (χ1) is 10.7. The number of thiophene rings is 1. The lowest BCUT2D eigenvalue weighted by Gasteiger charge is -2.05. The Morgan fingerprint density at radius 3 is 2.95 bits per heavy atom. The minimum Gasteiger partial charge on any atom is -0.361 e. The molecular formula is C16H11N3O2S. The third kappa shape index (κ3) is 2.01. The maximum atomic E-state index is 12.3. The van der Waals surface area contributed by atoms with Crippen LogP contribution in [0.15, 0.2) is 52.9 Å². The summed E-state index contributed by atoms with van der Waals surface area (Å²) < 4.78 is 0. The van der Waals surface area contributed by atoms with Gasteiger partial charge in [0.1, 0.15) is 10.4 Å². The van der Waals surface area contributed by atoms with Crippen LogP contribution >= 0.6 is 11.3 Å². The van der Waals surface area contributed by atoms with Gasteiger partial charge in [-0.15, -0.1) is 11.3 Å². The molecule has 22 heavy (non-hydrogen) atoms. The van der Waals surface area contributed by atoms with Crippen molar-refractivity contribution in [3.63, 3.8) is 0 Å². The number of fused-ring (bicyclic) bond motifs is 2. The molecule has 1 aromatic carbocycles. The lowest BCUT2D eigenvalue weighted by Crippen LogP contribution is -2.21. The number of carbonyl (C=O) groups is 1. The molecule has 0 spiro atoms. The van der Waals surface area contributed by atoms with E-state index in [-0.39, 0.29) is 11.0 Å².